The molecule has 0 aliphatic carbocycles. The van der Waals surface area contributed by atoms with Gasteiger partial charge in [-0.1, -0.05) is 0 Å². The summed E-state index contributed by atoms with van der Waals surface area (Å²) < 4.78 is 0. The van der Waals surface area contributed by atoms with E-state index in [4.69, 9.17) is 5.11 Å². The van der Waals surface area contributed by atoms with Gasteiger partial charge >= 0.3 is 5.97 Å². The van der Waals surface area contributed by atoms with Gasteiger partial charge in [-0.05, 0) is 20.8 Å². The minimum atomic E-state index is -1.17. The number of carbonyl (C=O) groups is 2. The Balaban J connectivity index is 3.96. The molecule has 76 valence electrons. The zero-order valence-corrected chi connectivity index (χ0v) is 8.00. The number of nitrogens with one attached hydrogen (secondary N) is 1. The molecule has 0 aliphatic rings. The highest BCUT2D eigenvalue weighted by Crippen LogP contribution is 1.99. The number of aliphatic hydroxyl groups is 1. The fraction of sp³-hybridized carbons (Fsp3) is 0.750. The molecule has 0 aromatic carbocycles. The number of carboxylic acid groups (broad SMARTS) is 1. The molecule has 0 aliphatic heterocycles. The van der Waals surface area contributed by atoms with Crippen LogP contribution in [0.3, 0.4) is 0 Å². The van der Waals surface area contributed by atoms with Crippen LogP contribution in [0.2, 0.25) is 0 Å². The van der Waals surface area contributed by atoms with E-state index in [2.05, 4.69) is 5.32 Å². The van der Waals surface area contributed by atoms with Crippen molar-refractivity contribution in [2.24, 2.45) is 5.92 Å². The van der Waals surface area contributed by atoms with Crippen molar-refractivity contribution in [3.05, 3.63) is 0 Å². The number of carboxylic acids is 1. The van der Waals surface area contributed by atoms with Crippen LogP contribution < -0.4 is 5.32 Å². The van der Waals surface area contributed by atoms with Crippen molar-refractivity contribution in [2.45, 2.75) is 26.4 Å². The van der Waals surface area contributed by atoms with Crippen molar-refractivity contribution in [1.82, 2.24) is 5.32 Å². The topological polar surface area (TPSA) is 86.6 Å². The molecule has 3 N–H and O–H groups in total. The molecule has 13 heavy (non-hydrogen) atoms. The molecule has 0 rings (SSSR count). The van der Waals surface area contributed by atoms with Crippen LogP contribution >= 0.6 is 0 Å². The van der Waals surface area contributed by atoms with Gasteiger partial charge in [0, 0.05) is 6.54 Å². The number of rotatable bonds is 4. The average molecular weight is 189 g/mol. The van der Waals surface area contributed by atoms with E-state index in [9.17, 15) is 14.7 Å². The fourth-order valence-electron chi connectivity index (χ4n) is 0.569. The quantitative estimate of drug-likeness (QED) is 0.525. The Morgan fingerprint density at radius 2 is 1.92 bits per heavy atom. The molecule has 0 bridgehead atoms. The highest BCUT2D eigenvalue weighted by Gasteiger charge is 2.22. The summed E-state index contributed by atoms with van der Waals surface area (Å²) >= 11 is 0. The second kappa shape index (κ2) is 4.23. The fourth-order valence-corrected chi connectivity index (χ4v) is 0.569. The third-order valence-electron chi connectivity index (χ3n) is 1.46. The molecule has 0 saturated carbocycles. The van der Waals surface area contributed by atoms with E-state index in [0.29, 0.717) is 0 Å². The van der Waals surface area contributed by atoms with E-state index in [1.807, 2.05) is 0 Å². The predicted molar refractivity (Wildman–Crippen MR) is 46.1 cm³/mol. The van der Waals surface area contributed by atoms with E-state index in [-0.39, 0.29) is 6.54 Å². The van der Waals surface area contributed by atoms with Crippen LogP contribution in [0, 0.1) is 5.92 Å². The van der Waals surface area contributed by atoms with E-state index in [0.717, 1.165) is 0 Å². The number of hydrogen-bond acceptors (Lipinski definition) is 3. The standard InChI is InChI=1S/C8H15NO4/c1-5(7(11)12)6(10)9-4-8(2,3)13/h5,13H,4H2,1-3H3,(H,9,10)(H,11,12). The molecule has 0 aromatic rings. The molecule has 0 spiro atoms. The monoisotopic (exact) mass is 189 g/mol. The largest absolute Gasteiger partial charge is 0.481 e. The summed E-state index contributed by atoms with van der Waals surface area (Å²) in [4.78, 5) is 21.4. The first-order chi connectivity index (χ1) is 5.74. The third kappa shape index (κ3) is 5.19. The molecule has 1 atom stereocenters. The molecule has 5 heteroatoms. The maximum absolute atomic E-state index is 11.0. The van der Waals surface area contributed by atoms with Crippen LogP contribution in [-0.4, -0.2) is 34.2 Å². The second-order valence-electron chi connectivity index (χ2n) is 3.59. The highest BCUT2D eigenvalue weighted by molar-refractivity contribution is 5.96. The van der Waals surface area contributed by atoms with Gasteiger partial charge in [-0.15, -0.1) is 0 Å². The normalized spacial score (nSPS) is 13.5. The maximum atomic E-state index is 11.0. The molecule has 0 saturated heterocycles. The van der Waals surface area contributed by atoms with Crippen LogP contribution in [0.4, 0.5) is 0 Å². The van der Waals surface area contributed by atoms with Crippen molar-refractivity contribution < 1.29 is 19.8 Å². The van der Waals surface area contributed by atoms with Gasteiger partial charge in [0.15, 0.2) is 0 Å². The van der Waals surface area contributed by atoms with Gasteiger partial charge < -0.3 is 15.5 Å². The summed E-state index contributed by atoms with van der Waals surface area (Å²) in [5.74, 6) is -2.84. The predicted octanol–water partition coefficient (Wildman–Crippen LogP) is -0.406. The Kier molecular flexibility index (Phi) is 3.87. The molecule has 5 nitrogen and oxygen atoms in total. The first-order valence-electron chi connectivity index (χ1n) is 3.97. The summed E-state index contributed by atoms with van der Waals surface area (Å²) in [7, 11) is 0. The molecule has 0 radical (unpaired) electrons. The zero-order valence-electron chi connectivity index (χ0n) is 8.00. The minimum absolute atomic E-state index is 0.0451. The van der Waals surface area contributed by atoms with Crippen molar-refractivity contribution in [1.29, 1.82) is 0 Å². The van der Waals surface area contributed by atoms with Gasteiger partial charge in [0.1, 0.15) is 5.92 Å². The van der Waals surface area contributed by atoms with Gasteiger partial charge in [0.25, 0.3) is 0 Å². The Hall–Kier alpha value is -1.10. The van der Waals surface area contributed by atoms with Gasteiger partial charge in [-0.2, -0.15) is 0 Å². The molecule has 0 aromatic heterocycles. The van der Waals surface area contributed by atoms with Gasteiger partial charge in [0.2, 0.25) is 5.91 Å². The molecular formula is C8H15NO4. The highest BCUT2D eigenvalue weighted by atomic mass is 16.4. The average Bonchev–Trinajstić information content (AvgIpc) is 1.97. The van der Waals surface area contributed by atoms with Crippen molar-refractivity contribution in [2.75, 3.05) is 6.54 Å². The summed E-state index contributed by atoms with van der Waals surface area (Å²) in [6.07, 6.45) is 0. The van der Waals surface area contributed by atoms with Crippen LogP contribution in [-0.2, 0) is 9.59 Å². The first-order valence-corrected chi connectivity index (χ1v) is 3.97. The number of carbonyl (C=O) groups excluding carboxylic acids is 1. The lowest BCUT2D eigenvalue weighted by atomic mass is 10.1. The van der Waals surface area contributed by atoms with Crippen molar-refractivity contribution in [3.63, 3.8) is 0 Å². The SMILES string of the molecule is CC(C(=O)O)C(=O)NCC(C)(C)O. The Bertz CT molecular complexity index is 207. The molecular weight excluding hydrogens is 174 g/mol. The van der Waals surface area contributed by atoms with Crippen molar-refractivity contribution >= 4 is 11.9 Å². The minimum Gasteiger partial charge on any atom is -0.481 e. The lowest BCUT2D eigenvalue weighted by molar-refractivity contribution is -0.146. The van der Waals surface area contributed by atoms with E-state index in [1.165, 1.54) is 20.8 Å². The molecule has 0 heterocycles. The van der Waals surface area contributed by atoms with E-state index in [1.54, 1.807) is 0 Å². The molecule has 0 fully saturated rings. The Labute approximate surface area is 76.8 Å². The Morgan fingerprint density at radius 3 is 2.23 bits per heavy atom. The maximum Gasteiger partial charge on any atom is 0.315 e. The lowest BCUT2D eigenvalue weighted by Gasteiger charge is -2.18. The summed E-state index contributed by atoms with van der Waals surface area (Å²) in [6.45, 7) is 4.39. The van der Waals surface area contributed by atoms with Gasteiger partial charge in [-0.25, -0.2) is 0 Å². The Morgan fingerprint density at radius 1 is 1.46 bits per heavy atom. The zero-order chi connectivity index (χ0) is 10.6. The van der Waals surface area contributed by atoms with Crippen LogP contribution in [0.1, 0.15) is 20.8 Å². The van der Waals surface area contributed by atoms with Crippen molar-refractivity contribution in [3.8, 4) is 0 Å². The lowest BCUT2D eigenvalue weighted by Crippen LogP contribution is -2.42. The molecule has 1 amide bonds. The smallest absolute Gasteiger partial charge is 0.315 e. The second-order valence-corrected chi connectivity index (χ2v) is 3.59. The van der Waals surface area contributed by atoms with Crippen LogP contribution in [0.25, 0.3) is 0 Å². The summed E-state index contributed by atoms with van der Waals surface area (Å²) in [5.41, 5.74) is -1.02. The van der Waals surface area contributed by atoms with Crippen LogP contribution in [0.15, 0.2) is 0 Å². The van der Waals surface area contributed by atoms with Gasteiger partial charge in [0.05, 0.1) is 5.60 Å². The third-order valence-corrected chi connectivity index (χ3v) is 1.46. The summed E-state index contributed by atoms with van der Waals surface area (Å²) in [6, 6.07) is 0. The van der Waals surface area contributed by atoms with Gasteiger partial charge in [-0.3, -0.25) is 9.59 Å². The number of amides is 1. The number of hydrogen-bond donors (Lipinski definition) is 3. The number of aliphatic carboxylic acids is 1. The summed E-state index contributed by atoms with van der Waals surface area (Å²) in [5, 5.41) is 20.0. The molecule has 1 unspecified atom stereocenters. The van der Waals surface area contributed by atoms with E-state index >= 15 is 0 Å². The van der Waals surface area contributed by atoms with E-state index < -0.39 is 23.4 Å². The first kappa shape index (κ1) is 11.9. The van der Waals surface area contributed by atoms with Crippen LogP contribution in [0.5, 0.6) is 0 Å².